The Kier molecular flexibility index (Phi) is 7.91. The van der Waals surface area contributed by atoms with E-state index in [2.05, 4.69) is 25.8 Å². The molecule has 0 unspecified atom stereocenters. The molecule has 0 saturated carbocycles. The maximum Gasteiger partial charge on any atom is 0.223 e. The number of nitrogens with zero attached hydrogens (tertiary/aromatic N) is 3. The number of aliphatic imine (C=N–C) groups is 1. The molecule has 0 aliphatic heterocycles. The molecule has 1 heterocycles. The summed E-state index contributed by atoms with van der Waals surface area (Å²) in [6.45, 7) is 2.69. The molecule has 0 aliphatic rings. The van der Waals surface area contributed by atoms with Crippen molar-refractivity contribution in [3.63, 3.8) is 0 Å². The lowest BCUT2D eigenvalue weighted by atomic mass is 10.2. The van der Waals surface area contributed by atoms with Crippen LogP contribution < -0.4 is 10.6 Å². The van der Waals surface area contributed by atoms with Crippen molar-refractivity contribution in [1.29, 1.82) is 0 Å². The normalized spacial score (nSPS) is 11.0. The molecule has 0 spiro atoms. The van der Waals surface area contributed by atoms with E-state index in [1.807, 2.05) is 6.07 Å². The van der Waals surface area contributed by atoms with Gasteiger partial charge in [-0.3, -0.25) is 4.99 Å². The van der Waals surface area contributed by atoms with Gasteiger partial charge in [0.1, 0.15) is 0 Å². The van der Waals surface area contributed by atoms with Crippen LogP contribution in [0.25, 0.3) is 0 Å². The van der Waals surface area contributed by atoms with Crippen molar-refractivity contribution in [3.05, 3.63) is 45.5 Å². The van der Waals surface area contributed by atoms with Gasteiger partial charge in [-0.05, 0) is 17.7 Å². The van der Waals surface area contributed by atoms with Crippen LogP contribution >= 0.6 is 47.2 Å². The van der Waals surface area contributed by atoms with Crippen molar-refractivity contribution in [2.75, 3.05) is 7.05 Å². The van der Waals surface area contributed by atoms with Crippen LogP contribution in [0, 0.1) is 6.92 Å². The topological polar surface area (TPSA) is 75.3 Å². The molecule has 22 heavy (non-hydrogen) atoms. The summed E-state index contributed by atoms with van der Waals surface area (Å²) in [5, 5.41) is 11.3. The van der Waals surface area contributed by atoms with E-state index >= 15 is 0 Å². The third-order valence-electron chi connectivity index (χ3n) is 2.67. The van der Waals surface area contributed by atoms with E-state index in [9.17, 15) is 0 Å². The van der Waals surface area contributed by atoms with Crippen LogP contribution in [-0.2, 0) is 13.1 Å². The molecule has 2 N–H and O–H groups in total. The van der Waals surface area contributed by atoms with E-state index in [1.165, 1.54) is 0 Å². The zero-order valence-electron chi connectivity index (χ0n) is 12.1. The molecule has 0 bridgehead atoms. The summed E-state index contributed by atoms with van der Waals surface area (Å²) in [6.07, 6.45) is 0. The summed E-state index contributed by atoms with van der Waals surface area (Å²) >= 11 is 12.0. The summed E-state index contributed by atoms with van der Waals surface area (Å²) < 4.78 is 4.90. The van der Waals surface area contributed by atoms with Gasteiger partial charge in [0.25, 0.3) is 0 Å². The van der Waals surface area contributed by atoms with Crippen molar-refractivity contribution in [2.24, 2.45) is 4.99 Å². The van der Waals surface area contributed by atoms with E-state index in [0.717, 1.165) is 5.56 Å². The molecular formula is C13H16Cl2IN5O. The average Bonchev–Trinajstić information content (AvgIpc) is 2.86. The second kappa shape index (κ2) is 9.16. The van der Waals surface area contributed by atoms with Gasteiger partial charge in [-0.1, -0.05) is 34.4 Å². The van der Waals surface area contributed by atoms with Crippen molar-refractivity contribution in [3.8, 4) is 0 Å². The fourth-order valence-corrected chi connectivity index (χ4v) is 2.12. The minimum atomic E-state index is 0. The molecule has 2 aromatic rings. The Morgan fingerprint density at radius 3 is 2.59 bits per heavy atom. The third-order valence-corrected chi connectivity index (χ3v) is 3.26. The Labute approximate surface area is 155 Å². The standard InChI is InChI=1S/C13H15Cl2N5O.HI/c1-8-19-12(20-21-8)7-18-13(16-2)17-6-9-3-4-10(14)5-11(9)15;/h3-5H,6-7H2,1-2H3,(H2,16,17,18);1H. The second-order valence-electron chi connectivity index (χ2n) is 4.24. The van der Waals surface area contributed by atoms with Gasteiger partial charge in [-0.15, -0.1) is 24.0 Å². The lowest BCUT2D eigenvalue weighted by molar-refractivity contribution is 0.387. The molecule has 2 rings (SSSR count). The Hall–Kier alpha value is -1.06. The monoisotopic (exact) mass is 455 g/mol. The van der Waals surface area contributed by atoms with E-state index in [0.29, 0.717) is 40.8 Å². The summed E-state index contributed by atoms with van der Waals surface area (Å²) in [5.74, 6) is 1.71. The van der Waals surface area contributed by atoms with Crippen LogP contribution in [0.2, 0.25) is 10.0 Å². The molecule has 1 aromatic carbocycles. The zero-order chi connectivity index (χ0) is 15.2. The van der Waals surface area contributed by atoms with Gasteiger partial charge < -0.3 is 15.2 Å². The lowest BCUT2D eigenvalue weighted by Crippen LogP contribution is -2.36. The number of guanidine groups is 1. The maximum atomic E-state index is 6.11. The molecule has 0 fully saturated rings. The Morgan fingerprint density at radius 2 is 2.00 bits per heavy atom. The SMILES string of the molecule is CN=C(NCc1noc(C)n1)NCc1ccc(Cl)cc1Cl.I. The van der Waals surface area contributed by atoms with Crippen LogP contribution in [0.15, 0.2) is 27.7 Å². The van der Waals surface area contributed by atoms with Gasteiger partial charge in [-0.25, -0.2) is 0 Å². The average molecular weight is 456 g/mol. The number of nitrogens with one attached hydrogen (secondary N) is 2. The Bertz CT molecular complexity index is 647. The lowest BCUT2D eigenvalue weighted by Gasteiger charge is -2.11. The van der Waals surface area contributed by atoms with Gasteiger partial charge >= 0.3 is 0 Å². The van der Waals surface area contributed by atoms with Crippen LogP contribution in [0.5, 0.6) is 0 Å². The van der Waals surface area contributed by atoms with Gasteiger partial charge in [0, 0.05) is 30.6 Å². The molecule has 0 saturated heterocycles. The fourth-order valence-electron chi connectivity index (χ4n) is 1.64. The highest BCUT2D eigenvalue weighted by Gasteiger charge is 2.05. The molecule has 0 amide bonds. The quantitative estimate of drug-likeness (QED) is 0.420. The first-order valence-electron chi connectivity index (χ1n) is 6.26. The zero-order valence-corrected chi connectivity index (χ0v) is 15.9. The summed E-state index contributed by atoms with van der Waals surface area (Å²) in [4.78, 5) is 8.21. The van der Waals surface area contributed by atoms with Crippen molar-refractivity contribution in [1.82, 2.24) is 20.8 Å². The Morgan fingerprint density at radius 1 is 1.27 bits per heavy atom. The first kappa shape index (κ1) is 19.0. The van der Waals surface area contributed by atoms with E-state index < -0.39 is 0 Å². The maximum absolute atomic E-state index is 6.11. The Balaban J connectivity index is 0.00000242. The molecule has 6 nitrogen and oxygen atoms in total. The summed E-state index contributed by atoms with van der Waals surface area (Å²) in [6, 6.07) is 5.37. The van der Waals surface area contributed by atoms with E-state index in [1.54, 1.807) is 26.1 Å². The first-order chi connectivity index (χ1) is 10.1. The fraction of sp³-hybridized carbons (Fsp3) is 0.308. The number of benzene rings is 1. The number of rotatable bonds is 4. The number of hydrogen-bond acceptors (Lipinski definition) is 4. The predicted octanol–water partition coefficient (Wildman–Crippen LogP) is 3.17. The number of aryl methyl sites for hydroxylation is 1. The van der Waals surface area contributed by atoms with Crippen LogP contribution in [-0.4, -0.2) is 23.1 Å². The summed E-state index contributed by atoms with van der Waals surface area (Å²) in [5.41, 5.74) is 0.930. The number of halogens is 3. The molecule has 120 valence electrons. The van der Waals surface area contributed by atoms with Crippen molar-refractivity contribution in [2.45, 2.75) is 20.0 Å². The van der Waals surface area contributed by atoms with Crippen LogP contribution in [0.4, 0.5) is 0 Å². The molecule has 0 aliphatic carbocycles. The van der Waals surface area contributed by atoms with Crippen molar-refractivity contribution < 1.29 is 4.52 Å². The smallest absolute Gasteiger partial charge is 0.223 e. The molecule has 0 atom stereocenters. The molecular weight excluding hydrogens is 440 g/mol. The molecule has 1 aromatic heterocycles. The largest absolute Gasteiger partial charge is 0.352 e. The minimum absolute atomic E-state index is 0. The van der Waals surface area contributed by atoms with E-state index in [-0.39, 0.29) is 24.0 Å². The van der Waals surface area contributed by atoms with Gasteiger partial charge in [0.05, 0.1) is 6.54 Å². The highest BCUT2D eigenvalue weighted by atomic mass is 127. The minimum Gasteiger partial charge on any atom is -0.352 e. The van der Waals surface area contributed by atoms with Gasteiger partial charge in [0.2, 0.25) is 5.89 Å². The van der Waals surface area contributed by atoms with Crippen molar-refractivity contribution >= 4 is 53.1 Å². The first-order valence-corrected chi connectivity index (χ1v) is 7.01. The molecule has 9 heteroatoms. The number of hydrogen-bond donors (Lipinski definition) is 2. The number of aromatic nitrogens is 2. The third kappa shape index (κ3) is 5.62. The van der Waals surface area contributed by atoms with E-state index in [4.69, 9.17) is 27.7 Å². The highest BCUT2D eigenvalue weighted by Crippen LogP contribution is 2.20. The van der Waals surface area contributed by atoms with Gasteiger partial charge in [-0.2, -0.15) is 4.98 Å². The highest BCUT2D eigenvalue weighted by molar-refractivity contribution is 14.0. The summed E-state index contributed by atoms with van der Waals surface area (Å²) in [7, 11) is 1.68. The van der Waals surface area contributed by atoms with Crippen LogP contribution in [0.3, 0.4) is 0 Å². The second-order valence-corrected chi connectivity index (χ2v) is 5.09. The molecule has 0 radical (unpaired) electrons. The van der Waals surface area contributed by atoms with Crippen LogP contribution in [0.1, 0.15) is 17.3 Å². The predicted molar refractivity (Wildman–Crippen MR) is 98.0 cm³/mol. The van der Waals surface area contributed by atoms with Gasteiger partial charge in [0.15, 0.2) is 11.8 Å².